The highest BCUT2D eigenvalue weighted by Gasteiger charge is 2.30. The van der Waals surface area contributed by atoms with Gasteiger partial charge in [0.15, 0.2) is 6.29 Å². The van der Waals surface area contributed by atoms with Crippen molar-refractivity contribution in [3.63, 3.8) is 0 Å². The summed E-state index contributed by atoms with van der Waals surface area (Å²) in [4.78, 5) is 15.1. The van der Waals surface area contributed by atoms with Crippen LogP contribution < -0.4 is 11.1 Å². The monoisotopic (exact) mass is 374 g/mol. The highest BCUT2D eigenvalue weighted by atomic mass is 19.1. The quantitative estimate of drug-likeness (QED) is 0.819. The number of likely N-dealkylation sites (tertiary alicyclic amines) is 1. The van der Waals surface area contributed by atoms with Gasteiger partial charge >= 0.3 is 0 Å². The van der Waals surface area contributed by atoms with E-state index in [1.807, 2.05) is 0 Å². The van der Waals surface area contributed by atoms with Crippen LogP contribution in [0.2, 0.25) is 0 Å². The second kappa shape index (κ2) is 8.12. The third-order valence-corrected chi connectivity index (χ3v) is 4.83. The molecule has 0 aliphatic carbocycles. The number of aromatic nitrogens is 3. The molecule has 0 saturated carbocycles. The van der Waals surface area contributed by atoms with Crippen LogP contribution in [0.4, 0.5) is 22.0 Å². The van der Waals surface area contributed by atoms with Crippen LogP contribution >= 0.6 is 0 Å². The van der Waals surface area contributed by atoms with Crippen LogP contribution in [-0.4, -0.2) is 52.4 Å². The SMILES string of the molecule is Nc1nc(CN2CCC(C3OCCO3)CC2)nc(Nc2ccc(F)cc2)n1. The molecule has 2 saturated heterocycles. The molecule has 2 aliphatic heterocycles. The number of piperidine rings is 1. The normalized spacial score (nSPS) is 19.4. The molecule has 9 heteroatoms. The van der Waals surface area contributed by atoms with Crippen LogP contribution in [0.1, 0.15) is 18.7 Å². The number of nitrogens with zero attached hydrogens (tertiary/aromatic N) is 4. The molecule has 0 amide bonds. The Labute approximate surface area is 156 Å². The van der Waals surface area contributed by atoms with E-state index in [1.54, 1.807) is 12.1 Å². The number of nitrogens with two attached hydrogens (primary N) is 1. The lowest BCUT2D eigenvalue weighted by atomic mass is 9.96. The minimum absolute atomic E-state index is 0.0496. The number of nitrogen functional groups attached to an aromatic ring is 1. The highest BCUT2D eigenvalue weighted by molar-refractivity contribution is 5.53. The van der Waals surface area contributed by atoms with Gasteiger partial charge in [-0.3, -0.25) is 4.90 Å². The summed E-state index contributed by atoms with van der Waals surface area (Å²) in [6.07, 6.45) is 1.99. The molecule has 1 aromatic carbocycles. The van der Waals surface area contributed by atoms with Crippen LogP contribution in [0.25, 0.3) is 0 Å². The van der Waals surface area contributed by atoms with E-state index in [0.29, 0.717) is 43.1 Å². The van der Waals surface area contributed by atoms with Gasteiger partial charge in [0, 0.05) is 11.6 Å². The van der Waals surface area contributed by atoms with Gasteiger partial charge in [0.05, 0.1) is 19.8 Å². The molecule has 0 atom stereocenters. The summed E-state index contributed by atoms with van der Waals surface area (Å²) >= 11 is 0. The van der Waals surface area contributed by atoms with Gasteiger partial charge in [-0.1, -0.05) is 0 Å². The van der Waals surface area contributed by atoms with E-state index < -0.39 is 0 Å². The van der Waals surface area contributed by atoms with E-state index in [2.05, 4.69) is 25.2 Å². The number of rotatable bonds is 5. The predicted molar refractivity (Wildman–Crippen MR) is 97.6 cm³/mol. The van der Waals surface area contributed by atoms with E-state index >= 15 is 0 Å². The van der Waals surface area contributed by atoms with Crippen molar-refractivity contribution in [2.75, 3.05) is 37.4 Å². The molecule has 144 valence electrons. The molecule has 1 aromatic heterocycles. The van der Waals surface area contributed by atoms with E-state index in [9.17, 15) is 4.39 Å². The van der Waals surface area contributed by atoms with Gasteiger partial charge in [-0.25, -0.2) is 4.39 Å². The Kier molecular flexibility index (Phi) is 5.42. The summed E-state index contributed by atoms with van der Waals surface area (Å²) in [7, 11) is 0. The van der Waals surface area contributed by atoms with E-state index in [4.69, 9.17) is 15.2 Å². The van der Waals surface area contributed by atoms with Crippen molar-refractivity contribution in [3.8, 4) is 0 Å². The van der Waals surface area contributed by atoms with Gasteiger partial charge < -0.3 is 20.5 Å². The standard InChI is InChI=1S/C18H23FN6O2/c19-13-1-3-14(4-2-13)21-18-23-15(22-17(20)24-18)11-25-7-5-12(6-8-25)16-26-9-10-27-16/h1-4,12,16H,5-11H2,(H3,20,21,22,23,24). The van der Waals surface area contributed by atoms with Gasteiger partial charge in [0.2, 0.25) is 11.9 Å². The first-order valence-electron chi connectivity index (χ1n) is 9.14. The Morgan fingerprint density at radius 2 is 1.78 bits per heavy atom. The predicted octanol–water partition coefficient (Wildman–Crippen LogP) is 1.92. The fourth-order valence-corrected chi connectivity index (χ4v) is 3.46. The molecule has 2 aliphatic rings. The number of ether oxygens (including phenoxy) is 2. The lowest BCUT2D eigenvalue weighted by molar-refractivity contribution is -0.0978. The first kappa shape index (κ1) is 18.0. The molecule has 8 nitrogen and oxygen atoms in total. The summed E-state index contributed by atoms with van der Waals surface area (Å²) in [5.41, 5.74) is 6.52. The molecule has 0 spiro atoms. The second-order valence-electron chi connectivity index (χ2n) is 6.79. The molecule has 2 fully saturated rings. The van der Waals surface area contributed by atoms with E-state index in [0.717, 1.165) is 25.9 Å². The topological polar surface area (TPSA) is 98.4 Å². The van der Waals surface area contributed by atoms with E-state index in [-0.39, 0.29) is 18.1 Å². The number of hydrogen-bond donors (Lipinski definition) is 2. The van der Waals surface area contributed by atoms with Gasteiger partial charge in [-0.15, -0.1) is 0 Å². The maximum Gasteiger partial charge on any atom is 0.232 e. The summed E-state index contributed by atoms with van der Waals surface area (Å²) in [6, 6.07) is 5.98. The minimum atomic E-state index is -0.298. The summed E-state index contributed by atoms with van der Waals surface area (Å²) in [6.45, 7) is 3.85. The molecular weight excluding hydrogens is 351 g/mol. The Bertz CT molecular complexity index is 761. The van der Waals surface area contributed by atoms with Gasteiger partial charge in [0.25, 0.3) is 0 Å². The molecular formula is C18H23FN6O2. The molecule has 0 radical (unpaired) electrons. The molecule has 4 rings (SSSR count). The number of benzene rings is 1. The van der Waals surface area contributed by atoms with Crippen molar-refractivity contribution in [2.45, 2.75) is 25.7 Å². The molecule has 0 unspecified atom stereocenters. The summed E-state index contributed by atoms with van der Waals surface area (Å²) in [5.74, 6) is 1.27. The Hall–Kier alpha value is -2.36. The smallest absolute Gasteiger partial charge is 0.232 e. The third kappa shape index (κ3) is 4.68. The molecule has 3 N–H and O–H groups in total. The minimum Gasteiger partial charge on any atom is -0.368 e. The fourth-order valence-electron chi connectivity index (χ4n) is 3.46. The summed E-state index contributed by atoms with van der Waals surface area (Å²) in [5, 5.41) is 3.03. The van der Waals surface area contributed by atoms with Crippen LogP contribution in [0.5, 0.6) is 0 Å². The highest BCUT2D eigenvalue weighted by Crippen LogP contribution is 2.26. The lowest BCUT2D eigenvalue weighted by Crippen LogP contribution is -2.38. The molecule has 0 bridgehead atoms. The number of nitrogens with one attached hydrogen (secondary N) is 1. The Balaban J connectivity index is 1.36. The zero-order valence-electron chi connectivity index (χ0n) is 15.0. The average Bonchev–Trinajstić information content (AvgIpc) is 3.19. The van der Waals surface area contributed by atoms with Crippen molar-refractivity contribution in [1.82, 2.24) is 19.9 Å². The third-order valence-electron chi connectivity index (χ3n) is 4.83. The van der Waals surface area contributed by atoms with Gasteiger partial charge in [0.1, 0.15) is 11.6 Å². The largest absolute Gasteiger partial charge is 0.368 e. The number of halogens is 1. The second-order valence-corrected chi connectivity index (χ2v) is 6.79. The maximum atomic E-state index is 13.0. The molecule has 2 aromatic rings. The lowest BCUT2D eigenvalue weighted by Gasteiger charge is -2.33. The first-order valence-corrected chi connectivity index (χ1v) is 9.14. The Morgan fingerprint density at radius 1 is 1.07 bits per heavy atom. The number of anilines is 3. The van der Waals surface area contributed by atoms with E-state index in [1.165, 1.54) is 12.1 Å². The van der Waals surface area contributed by atoms with Crippen molar-refractivity contribution in [1.29, 1.82) is 0 Å². The first-order chi connectivity index (χ1) is 13.2. The van der Waals surface area contributed by atoms with Crippen LogP contribution in [-0.2, 0) is 16.0 Å². The average molecular weight is 374 g/mol. The van der Waals surface area contributed by atoms with Crippen molar-refractivity contribution >= 4 is 17.6 Å². The maximum absolute atomic E-state index is 13.0. The molecule has 3 heterocycles. The van der Waals surface area contributed by atoms with Crippen LogP contribution in [0.15, 0.2) is 24.3 Å². The zero-order valence-corrected chi connectivity index (χ0v) is 15.0. The van der Waals surface area contributed by atoms with Crippen molar-refractivity contribution < 1.29 is 13.9 Å². The van der Waals surface area contributed by atoms with Crippen molar-refractivity contribution in [2.24, 2.45) is 5.92 Å². The van der Waals surface area contributed by atoms with Gasteiger partial charge in [-0.05, 0) is 50.2 Å². The molecule has 27 heavy (non-hydrogen) atoms. The fraction of sp³-hybridized carbons (Fsp3) is 0.500. The summed E-state index contributed by atoms with van der Waals surface area (Å²) < 4.78 is 24.3. The van der Waals surface area contributed by atoms with Gasteiger partial charge in [-0.2, -0.15) is 15.0 Å². The van der Waals surface area contributed by atoms with Crippen LogP contribution in [0, 0.1) is 11.7 Å². The van der Waals surface area contributed by atoms with Crippen molar-refractivity contribution in [3.05, 3.63) is 35.9 Å². The Morgan fingerprint density at radius 3 is 2.48 bits per heavy atom. The number of hydrogen-bond acceptors (Lipinski definition) is 8. The van der Waals surface area contributed by atoms with Crippen LogP contribution in [0.3, 0.4) is 0 Å². The zero-order chi connectivity index (χ0) is 18.6.